The zero-order valence-electron chi connectivity index (χ0n) is 27.8. The Morgan fingerprint density at radius 1 is 0.822 bits per heavy atom. The topological polar surface area (TPSA) is 72.8 Å². The van der Waals surface area contributed by atoms with Gasteiger partial charge in [-0.25, -0.2) is 9.59 Å². The second-order valence-corrected chi connectivity index (χ2v) is 12.6. The lowest BCUT2D eigenvalue weighted by molar-refractivity contribution is -0.144. The summed E-state index contributed by atoms with van der Waals surface area (Å²) in [6.07, 6.45) is 26.2. The summed E-state index contributed by atoms with van der Waals surface area (Å²) in [7, 11) is 0. The summed E-state index contributed by atoms with van der Waals surface area (Å²) in [4.78, 5) is 23.8. The number of hydrogen-bond acceptors (Lipinski definition) is 5. The van der Waals surface area contributed by atoms with E-state index in [1.54, 1.807) is 6.92 Å². The molecule has 0 saturated heterocycles. The van der Waals surface area contributed by atoms with Crippen LogP contribution in [-0.2, 0) is 38.3 Å². The lowest BCUT2D eigenvalue weighted by atomic mass is 9.79. The second kappa shape index (κ2) is 19.2. The Bertz CT molecular complexity index is 1290. The maximum atomic E-state index is 12.0. The first-order valence-corrected chi connectivity index (χ1v) is 16.9. The first-order chi connectivity index (χ1) is 21.7. The molecular formula is C40H54O5. The number of aliphatic hydroxyl groups excluding tert-OH is 1. The van der Waals surface area contributed by atoms with Crippen LogP contribution in [0.2, 0.25) is 0 Å². The van der Waals surface area contributed by atoms with Gasteiger partial charge in [-0.15, -0.1) is 0 Å². The van der Waals surface area contributed by atoms with Gasteiger partial charge in [-0.05, 0) is 75.0 Å². The lowest BCUT2D eigenvalue weighted by Crippen LogP contribution is -2.22. The summed E-state index contributed by atoms with van der Waals surface area (Å²) in [5.41, 5.74) is 7.46. The summed E-state index contributed by atoms with van der Waals surface area (Å²) < 4.78 is 10.6. The lowest BCUT2D eigenvalue weighted by Gasteiger charge is -2.25. The summed E-state index contributed by atoms with van der Waals surface area (Å²) in [5, 5.41) is 9.12. The Hall–Kier alpha value is -3.44. The molecule has 3 rings (SSSR count). The van der Waals surface area contributed by atoms with Gasteiger partial charge in [0.1, 0.15) is 0 Å². The Balaban J connectivity index is 1.48. The fourth-order valence-electron chi connectivity index (χ4n) is 5.92. The van der Waals surface area contributed by atoms with Crippen LogP contribution >= 0.6 is 0 Å². The van der Waals surface area contributed by atoms with Gasteiger partial charge in [-0.2, -0.15) is 0 Å². The average Bonchev–Trinajstić information content (AvgIpc) is 3.05. The van der Waals surface area contributed by atoms with Gasteiger partial charge in [0.15, 0.2) is 0 Å². The van der Waals surface area contributed by atoms with Gasteiger partial charge >= 0.3 is 11.9 Å². The van der Waals surface area contributed by atoms with Gasteiger partial charge in [0.05, 0.1) is 25.4 Å². The van der Waals surface area contributed by atoms with Gasteiger partial charge in [0.25, 0.3) is 0 Å². The number of aryl methyl sites for hydroxylation is 3. The Morgan fingerprint density at radius 3 is 2.09 bits per heavy atom. The van der Waals surface area contributed by atoms with Crippen molar-refractivity contribution in [3.8, 4) is 0 Å². The van der Waals surface area contributed by atoms with Crippen LogP contribution in [0.5, 0.6) is 0 Å². The van der Waals surface area contributed by atoms with E-state index in [4.69, 9.17) is 14.6 Å². The van der Waals surface area contributed by atoms with Crippen molar-refractivity contribution in [1.82, 2.24) is 0 Å². The molecule has 0 spiro atoms. The minimum atomic E-state index is -0.629. The van der Waals surface area contributed by atoms with Crippen LogP contribution < -0.4 is 0 Å². The number of rotatable bonds is 20. The van der Waals surface area contributed by atoms with Crippen molar-refractivity contribution < 1.29 is 24.2 Å². The van der Waals surface area contributed by atoms with Crippen molar-refractivity contribution in [1.29, 1.82) is 0 Å². The number of benzene rings is 1. The molecule has 244 valence electrons. The van der Waals surface area contributed by atoms with E-state index in [0.29, 0.717) is 17.4 Å². The molecule has 45 heavy (non-hydrogen) atoms. The van der Waals surface area contributed by atoms with Crippen molar-refractivity contribution >= 4 is 11.9 Å². The first-order valence-electron chi connectivity index (χ1n) is 16.9. The van der Waals surface area contributed by atoms with Crippen LogP contribution in [0.3, 0.4) is 0 Å². The highest BCUT2D eigenvalue weighted by Crippen LogP contribution is 2.33. The Kier molecular flexibility index (Phi) is 15.3. The third-order valence-electron chi connectivity index (χ3n) is 8.78. The molecule has 0 radical (unpaired) electrons. The molecule has 2 aliphatic rings. The van der Waals surface area contributed by atoms with Crippen molar-refractivity contribution in [3.63, 3.8) is 0 Å². The largest absolute Gasteiger partial charge is 0.462 e. The van der Waals surface area contributed by atoms with Gasteiger partial charge < -0.3 is 14.6 Å². The smallest absolute Gasteiger partial charge is 0.335 e. The number of aliphatic hydroxyl groups is 1. The molecule has 0 bridgehead atoms. The van der Waals surface area contributed by atoms with Crippen molar-refractivity contribution in [2.24, 2.45) is 17.8 Å². The standard InChI is InChI=1S/C40H54O5/c1-6-8-9-12-32-17-21-38-25-33(18-22-37(38)24-32)16-20-36-19-15-31(23-35(36)7-2)13-10-11-14-34(27-44-39(42)29(3)4)28-45-40(43)30(5)26-41/h15,17-19,21-25,34,37-38,41H,3,5-14,16,20,26-28H2,1-2,4H3. The minimum Gasteiger partial charge on any atom is -0.462 e. The molecule has 1 aromatic rings. The third kappa shape index (κ3) is 12.1. The van der Waals surface area contributed by atoms with Crippen LogP contribution in [0, 0.1) is 17.8 Å². The molecule has 1 N–H and O–H groups in total. The maximum absolute atomic E-state index is 12.0. The van der Waals surface area contributed by atoms with E-state index >= 15 is 0 Å². The summed E-state index contributed by atoms with van der Waals surface area (Å²) in [6, 6.07) is 6.93. The number of carbonyl (C=O) groups excluding carboxylic acids is 2. The van der Waals surface area contributed by atoms with Gasteiger partial charge in [-0.3, -0.25) is 0 Å². The molecule has 0 aromatic heterocycles. The number of esters is 2. The minimum absolute atomic E-state index is 0.00817. The van der Waals surface area contributed by atoms with Gasteiger partial charge in [0.2, 0.25) is 0 Å². The van der Waals surface area contributed by atoms with E-state index in [9.17, 15) is 9.59 Å². The van der Waals surface area contributed by atoms with E-state index in [-0.39, 0.29) is 24.7 Å². The zero-order valence-corrected chi connectivity index (χ0v) is 27.8. The molecular weight excluding hydrogens is 560 g/mol. The van der Waals surface area contributed by atoms with Crippen molar-refractivity contribution in [3.05, 3.63) is 107 Å². The highest BCUT2D eigenvalue weighted by Gasteiger charge is 2.20. The SMILES string of the molecule is C=C(C)C(=O)OCC(CCCCc1ccc(CCC2=CC3C=CC(CCCCC)=CC3C=C2)c(CC)c1)COC(=O)C(=C)CO. The summed E-state index contributed by atoms with van der Waals surface area (Å²) in [5.74, 6) is -0.228. The molecule has 2 aliphatic carbocycles. The second-order valence-electron chi connectivity index (χ2n) is 12.6. The summed E-state index contributed by atoms with van der Waals surface area (Å²) in [6.45, 7) is 13.0. The molecule has 0 aliphatic heterocycles. The first kappa shape index (κ1) is 36.0. The van der Waals surface area contributed by atoms with E-state index < -0.39 is 18.5 Å². The third-order valence-corrected chi connectivity index (χ3v) is 8.78. The zero-order chi connectivity index (χ0) is 32.6. The van der Waals surface area contributed by atoms with Crippen LogP contribution in [0.25, 0.3) is 0 Å². The molecule has 0 heterocycles. The Morgan fingerprint density at radius 2 is 1.47 bits per heavy atom. The van der Waals surface area contributed by atoms with Crippen LogP contribution in [0.15, 0.2) is 90.1 Å². The average molecular weight is 615 g/mol. The van der Waals surface area contributed by atoms with E-state index in [0.717, 1.165) is 44.9 Å². The molecule has 3 unspecified atom stereocenters. The molecule has 5 nitrogen and oxygen atoms in total. The molecule has 1 aromatic carbocycles. The highest BCUT2D eigenvalue weighted by molar-refractivity contribution is 5.88. The number of carbonyl (C=O) groups is 2. The monoisotopic (exact) mass is 614 g/mol. The fraction of sp³-hybridized carbons (Fsp3) is 0.500. The summed E-state index contributed by atoms with van der Waals surface area (Å²) >= 11 is 0. The molecule has 0 amide bonds. The van der Waals surface area contributed by atoms with E-state index in [1.807, 2.05) is 0 Å². The Labute approximate surface area is 271 Å². The van der Waals surface area contributed by atoms with Crippen molar-refractivity contribution in [2.75, 3.05) is 19.8 Å². The van der Waals surface area contributed by atoms with Gasteiger partial charge in [-0.1, -0.05) is 112 Å². The highest BCUT2D eigenvalue weighted by atomic mass is 16.5. The molecule has 5 heteroatoms. The number of ether oxygens (including phenoxy) is 2. The number of unbranched alkanes of at least 4 members (excludes halogenated alkanes) is 3. The number of allylic oxidation sites excluding steroid dienone is 8. The predicted octanol–water partition coefficient (Wildman–Crippen LogP) is 8.53. The normalized spacial score (nSPS) is 17.6. The van der Waals surface area contributed by atoms with Gasteiger partial charge in [0, 0.05) is 23.3 Å². The number of hydrogen-bond donors (Lipinski definition) is 1. The van der Waals surface area contributed by atoms with Crippen LogP contribution in [0.1, 0.15) is 88.8 Å². The van der Waals surface area contributed by atoms with Crippen molar-refractivity contribution in [2.45, 2.75) is 91.4 Å². The molecule has 0 saturated carbocycles. The number of fused-ring (bicyclic) bond motifs is 1. The van der Waals surface area contributed by atoms with Crippen LogP contribution in [-0.4, -0.2) is 36.9 Å². The van der Waals surface area contributed by atoms with E-state index in [1.165, 1.54) is 53.5 Å². The maximum Gasteiger partial charge on any atom is 0.335 e. The fourth-order valence-corrected chi connectivity index (χ4v) is 5.92. The van der Waals surface area contributed by atoms with E-state index in [2.05, 4.69) is 81.7 Å². The molecule has 0 fully saturated rings. The predicted molar refractivity (Wildman–Crippen MR) is 184 cm³/mol. The quantitative estimate of drug-likeness (QED) is 0.0905. The van der Waals surface area contributed by atoms with Crippen LogP contribution in [0.4, 0.5) is 0 Å². The molecule has 3 atom stereocenters.